The van der Waals surface area contributed by atoms with Gasteiger partial charge in [0.1, 0.15) is 11.6 Å². The Morgan fingerprint density at radius 3 is 2.61 bits per heavy atom. The summed E-state index contributed by atoms with van der Waals surface area (Å²) in [4.78, 5) is 37.1. The smallest absolute Gasteiger partial charge is 0.346 e. The van der Waals surface area contributed by atoms with Crippen molar-refractivity contribution >= 4 is 23.5 Å². The van der Waals surface area contributed by atoms with E-state index in [9.17, 15) is 23.9 Å². The van der Waals surface area contributed by atoms with E-state index in [1.807, 2.05) is 0 Å². The zero-order chi connectivity index (χ0) is 20.3. The van der Waals surface area contributed by atoms with Gasteiger partial charge < -0.3 is 20.1 Å². The lowest BCUT2D eigenvalue weighted by molar-refractivity contribution is -0.144. The lowest BCUT2D eigenvalue weighted by atomic mass is 9.99. The molecule has 1 atom stereocenters. The highest BCUT2D eigenvalue weighted by molar-refractivity contribution is 5.99. The minimum Gasteiger partial charge on any atom is -0.478 e. The van der Waals surface area contributed by atoms with Crippen molar-refractivity contribution in [2.24, 2.45) is 0 Å². The van der Waals surface area contributed by atoms with E-state index < -0.39 is 23.8 Å². The van der Waals surface area contributed by atoms with E-state index in [1.165, 1.54) is 12.1 Å². The van der Waals surface area contributed by atoms with Crippen LogP contribution in [-0.2, 0) is 16.0 Å². The Balaban J connectivity index is 1.65. The van der Waals surface area contributed by atoms with Crippen molar-refractivity contribution in [3.05, 3.63) is 59.4 Å². The zero-order valence-electron chi connectivity index (χ0n) is 15.1. The maximum Gasteiger partial charge on any atom is 0.346 e. The molecule has 2 amide bonds. The number of carbonyl (C=O) groups excluding carboxylic acids is 2. The number of nitrogens with zero attached hydrogens (tertiary/aromatic N) is 1. The number of halogens is 1. The summed E-state index contributed by atoms with van der Waals surface area (Å²) in [6, 6.07) is 9.92. The summed E-state index contributed by atoms with van der Waals surface area (Å²) in [6.07, 6.45) is -0.400. The van der Waals surface area contributed by atoms with E-state index in [4.69, 9.17) is 4.74 Å². The minimum absolute atomic E-state index is 0.0203. The molecule has 0 radical (unpaired) electrons. The first-order valence-corrected chi connectivity index (χ1v) is 8.68. The molecule has 0 bridgehead atoms. The SMILES string of the molecule is CN1C(=O)CCc2cc(C(=O)NCC(Oc3ccc(F)cc3)C(=O)O)ccc21. The number of carboxylic acids is 1. The van der Waals surface area contributed by atoms with Gasteiger partial charge in [0, 0.05) is 24.7 Å². The summed E-state index contributed by atoms with van der Waals surface area (Å²) in [5.74, 6) is -1.96. The van der Waals surface area contributed by atoms with Gasteiger partial charge in [0.15, 0.2) is 0 Å². The van der Waals surface area contributed by atoms with E-state index in [2.05, 4.69) is 5.32 Å². The fourth-order valence-electron chi connectivity index (χ4n) is 2.94. The van der Waals surface area contributed by atoms with Crippen molar-refractivity contribution in [1.29, 1.82) is 0 Å². The maximum absolute atomic E-state index is 12.9. The molecule has 7 nitrogen and oxygen atoms in total. The Morgan fingerprint density at radius 1 is 1.21 bits per heavy atom. The van der Waals surface area contributed by atoms with Gasteiger partial charge in [-0.1, -0.05) is 0 Å². The Bertz CT molecular complexity index is 913. The lowest BCUT2D eigenvalue weighted by Crippen LogP contribution is -2.40. The number of nitrogens with one attached hydrogen (secondary N) is 1. The number of fused-ring (bicyclic) bond motifs is 1. The Kier molecular flexibility index (Phi) is 5.58. The van der Waals surface area contributed by atoms with Gasteiger partial charge in [-0.25, -0.2) is 9.18 Å². The van der Waals surface area contributed by atoms with Crippen LogP contribution in [-0.4, -0.2) is 42.6 Å². The van der Waals surface area contributed by atoms with Gasteiger partial charge in [-0.3, -0.25) is 9.59 Å². The quantitative estimate of drug-likeness (QED) is 0.792. The first-order valence-electron chi connectivity index (χ1n) is 8.68. The van der Waals surface area contributed by atoms with Gasteiger partial charge in [-0.15, -0.1) is 0 Å². The van der Waals surface area contributed by atoms with Gasteiger partial charge in [-0.2, -0.15) is 0 Å². The minimum atomic E-state index is -1.32. The normalized spacial score (nSPS) is 14.2. The second-order valence-electron chi connectivity index (χ2n) is 6.40. The Hall–Kier alpha value is -3.42. The van der Waals surface area contributed by atoms with Gasteiger partial charge in [-0.05, 0) is 54.4 Å². The molecule has 0 spiro atoms. The van der Waals surface area contributed by atoms with Crippen molar-refractivity contribution in [3.63, 3.8) is 0 Å². The monoisotopic (exact) mass is 386 g/mol. The molecule has 2 aromatic carbocycles. The fourth-order valence-corrected chi connectivity index (χ4v) is 2.94. The molecule has 28 heavy (non-hydrogen) atoms. The van der Waals surface area contributed by atoms with Crippen molar-refractivity contribution in [1.82, 2.24) is 5.32 Å². The van der Waals surface area contributed by atoms with E-state index in [1.54, 1.807) is 30.1 Å². The number of amides is 2. The summed E-state index contributed by atoms with van der Waals surface area (Å²) in [5.41, 5.74) is 2.01. The third-order valence-corrected chi connectivity index (χ3v) is 4.50. The summed E-state index contributed by atoms with van der Waals surface area (Å²) in [7, 11) is 1.68. The first kappa shape index (κ1) is 19.3. The Morgan fingerprint density at radius 2 is 1.93 bits per heavy atom. The van der Waals surface area contributed by atoms with E-state index >= 15 is 0 Å². The van der Waals surface area contributed by atoms with Crippen LogP contribution in [0.1, 0.15) is 22.3 Å². The highest BCUT2D eigenvalue weighted by Crippen LogP contribution is 2.27. The standard InChI is InChI=1S/C20H19FN2O5/c1-23-16-8-2-13(10-12(16)3-9-18(23)24)19(25)22-11-17(20(26)27)28-15-6-4-14(21)5-7-15/h2,4-8,10,17H,3,9,11H2,1H3,(H,22,25)(H,26,27). The largest absolute Gasteiger partial charge is 0.478 e. The number of hydrogen-bond acceptors (Lipinski definition) is 4. The second-order valence-corrected chi connectivity index (χ2v) is 6.40. The topological polar surface area (TPSA) is 95.9 Å². The summed E-state index contributed by atoms with van der Waals surface area (Å²) in [5, 5.41) is 11.8. The highest BCUT2D eigenvalue weighted by atomic mass is 19.1. The average molecular weight is 386 g/mol. The average Bonchev–Trinajstić information content (AvgIpc) is 2.68. The van der Waals surface area contributed by atoms with E-state index in [0.29, 0.717) is 18.4 Å². The van der Waals surface area contributed by atoms with Crippen LogP contribution in [0.5, 0.6) is 5.75 Å². The number of aryl methyl sites for hydroxylation is 1. The van der Waals surface area contributed by atoms with Crippen LogP contribution >= 0.6 is 0 Å². The molecular formula is C20H19FN2O5. The predicted octanol–water partition coefficient (Wildman–Crippen LogP) is 2.00. The third kappa shape index (κ3) is 4.28. The molecule has 3 rings (SSSR count). The molecule has 0 aromatic heterocycles. The van der Waals surface area contributed by atoms with Crippen molar-refractivity contribution < 1.29 is 28.6 Å². The molecule has 1 aliphatic heterocycles. The molecule has 2 N–H and O–H groups in total. The maximum atomic E-state index is 12.9. The molecule has 2 aromatic rings. The number of rotatable bonds is 6. The molecular weight excluding hydrogens is 367 g/mol. The fraction of sp³-hybridized carbons (Fsp3) is 0.250. The Labute approximate surface area is 160 Å². The van der Waals surface area contributed by atoms with Crippen LogP contribution in [0.4, 0.5) is 10.1 Å². The lowest BCUT2D eigenvalue weighted by Gasteiger charge is -2.26. The van der Waals surface area contributed by atoms with Crippen LogP contribution < -0.4 is 15.0 Å². The van der Waals surface area contributed by atoms with Crippen LogP contribution in [0.25, 0.3) is 0 Å². The predicted molar refractivity (Wildman–Crippen MR) is 99.0 cm³/mol. The first-order chi connectivity index (χ1) is 13.3. The van der Waals surface area contributed by atoms with Gasteiger partial charge in [0.25, 0.3) is 5.91 Å². The number of aliphatic carboxylic acids is 1. The highest BCUT2D eigenvalue weighted by Gasteiger charge is 2.23. The van der Waals surface area contributed by atoms with Crippen molar-refractivity contribution in [2.75, 3.05) is 18.5 Å². The van der Waals surface area contributed by atoms with Gasteiger partial charge >= 0.3 is 5.97 Å². The zero-order valence-corrected chi connectivity index (χ0v) is 15.1. The molecule has 0 saturated carbocycles. The molecule has 0 saturated heterocycles. The number of carboxylic acid groups (broad SMARTS) is 1. The summed E-state index contributed by atoms with van der Waals surface area (Å²) in [6.45, 7) is -0.263. The number of ether oxygens (including phenoxy) is 1. The molecule has 0 aliphatic carbocycles. The number of anilines is 1. The second kappa shape index (κ2) is 8.08. The van der Waals surface area contributed by atoms with Gasteiger partial charge in [0.2, 0.25) is 12.0 Å². The number of carbonyl (C=O) groups is 3. The van der Waals surface area contributed by atoms with E-state index in [-0.39, 0.29) is 18.2 Å². The number of benzene rings is 2. The summed E-state index contributed by atoms with van der Waals surface area (Å²) >= 11 is 0. The van der Waals surface area contributed by atoms with Crippen LogP contribution in [0.15, 0.2) is 42.5 Å². The van der Waals surface area contributed by atoms with Crippen LogP contribution in [0.2, 0.25) is 0 Å². The van der Waals surface area contributed by atoms with Crippen molar-refractivity contribution in [3.8, 4) is 5.75 Å². The third-order valence-electron chi connectivity index (χ3n) is 4.50. The van der Waals surface area contributed by atoms with Crippen LogP contribution in [0.3, 0.4) is 0 Å². The van der Waals surface area contributed by atoms with Crippen molar-refractivity contribution in [2.45, 2.75) is 18.9 Å². The molecule has 8 heteroatoms. The van der Waals surface area contributed by atoms with Crippen LogP contribution in [0, 0.1) is 5.82 Å². The molecule has 0 fully saturated rings. The summed E-state index contributed by atoms with van der Waals surface area (Å²) < 4.78 is 18.2. The molecule has 146 valence electrons. The van der Waals surface area contributed by atoms with E-state index in [0.717, 1.165) is 23.4 Å². The molecule has 1 aliphatic rings. The van der Waals surface area contributed by atoms with Gasteiger partial charge in [0.05, 0.1) is 6.54 Å². The molecule has 1 heterocycles. The molecule has 1 unspecified atom stereocenters. The number of hydrogen-bond donors (Lipinski definition) is 2.